The molecule has 0 atom stereocenters. The molecule has 2 nitrogen and oxygen atoms in total. The topological polar surface area (TPSA) is 6.48 Å². The average molecular weight is 210 g/mol. The predicted molar refractivity (Wildman–Crippen MR) is 60.4 cm³/mol. The van der Waals surface area contributed by atoms with Crippen molar-refractivity contribution in [2.45, 2.75) is 12.8 Å². The summed E-state index contributed by atoms with van der Waals surface area (Å²) in [4.78, 5) is 4.61. The van der Waals surface area contributed by atoms with Gasteiger partial charge in [-0.25, -0.2) is 4.39 Å². The molecule has 0 saturated carbocycles. The number of allylic oxidation sites excluding steroid dienone is 3. The molecule has 0 unspecified atom stereocenters. The number of halogens is 1. The summed E-state index contributed by atoms with van der Waals surface area (Å²) >= 11 is 0. The van der Waals surface area contributed by atoms with Gasteiger partial charge < -0.3 is 4.90 Å². The molecule has 1 aliphatic carbocycles. The average Bonchev–Trinajstić information content (AvgIpc) is 2.32. The highest BCUT2D eigenvalue weighted by Crippen LogP contribution is 2.16. The van der Waals surface area contributed by atoms with Crippen molar-refractivity contribution in [3.63, 3.8) is 0 Å². The van der Waals surface area contributed by atoms with Gasteiger partial charge in [0.15, 0.2) is 0 Å². The molecule has 0 aromatic rings. The largest absolute Gasteiger partial charge is 0.369 e. The Bertz CT molecular complexity index is 252. The third-order valence-electron chi connectivity index (χ3n) is 3.11. The Morgan fingerprint density at radius 1 is 1.13 bits per heavy atom. The zero-order valence-corrected chi connectivity index (χ0v) is 9.16. The number of alkyl halides is 1. The van der Waals surface area contributed by atoms with Gasteiger partial charge in [-0.1, -0.05) is 12.2 Å². The molecule has 1 fully saturated rings. The smallest absolute Gasteiger partial charge is 0.102 e. The van der Waals surface area contributed by atoms with Gasteiger partial charge in [0.2, 0.25) is 0 Å². The van der Waals surface area contributed by atoms with E-state index in [0.29, 0.717) is 6.54 Å². The molecule has 3 heteroatoms. The minimum Gasteiger partial charge on any atom is -0.369 e. The van der Waals surface area contributed by atoms with E-state index in [-0.39, 0.29) is 6.67 Å². The van der Waals surface area contributed by atoms with Crippen molar-refractivity contribution in [2.75, 3.05) is 39.4 Å². The lowest BCUT2D eigenvalue weighted by atomic mass is 10.1. The number of hydrogen-bond acceptors (Lipinski definition) is 2. The Morgan fingerprint density at radius 2 is 1.93 bits per heavy atom. The standard InChI is InChI=1S/C12H19FN2/c13-6-7-14-8-10-15(11-9-14)12-4-2-1-3-5-12/h2,4-5H,1,3,6-11H2. The van der Waals surface area contributed by atoms with Gasteiger partial charge in [0.05, 0.1) is 0 Å². The molecule has 1 aliphatic heterocycles. The van der Waals surface area contributed by atoms with Crippen molar-refractivity contribution >= 4 is 0 Å². The van der Waals surface area contributed by atoms with E-state index in [1.165, 1.54) is 12.1 Å². The Hall–Kier alpha value is -0.830. The Morgan fingerprint density at radius 3 is 2.53 bits per heavy atom. The van der Waals surface area contributed by atoms with Crippen molar-refractivity contribution in [3.05, 3.63) is 23.9 Å². The summed E-state index contributed by atoms with van der Waals surface area (Å²) in [5, 5.41) is 0. The van der Waals surface area contributed by atoms with Crippen LogP contribution in [0.3, 0.4) is 0 Å². The number of piperazine rings is 1. The molecule has 0 amide bonds. The molecule has 2 rings (SSSR count). The van der Waals surface area contributed by atoms with Crippen molar-refractivity contribution in [1.82, 2.24) is 9.80 Å². The molecule has 0 aromatic carbocycles. The van der Waals surface area contributed by atoms with Crippen molar-refractivity contribution in [1.29, 1.82) is 0 Å². The number of rotatable bonds is 3. The molecule has 84 valence electrons. The first-order valence-corrected chi connectivity index (χ1v) is 5.80. The maximum atomic E-state index is 12.2. The molecule has 1 saturated heterocycles. The molecule has 0 radical (unpaired) electrons. The van der Waals surface area contributed by atoms with Crippen LogP contribution in [0.2, 0.25) is 0 Å². The SMILES string of the molecule is FCCN1CCN(C2=CCCC=C2)CC1. The second-order valence-electron chi connectivity index (χ2n) is 4.13. The fourth-order valence-electron chi connectivity index (χ4n) is 2.18. The van der Waals surface area contributed by atoms with E-state index in [1.54, 1.807) is 0 Å². The molecule has 0 spiro atoms. The summed E-state index contributed by atoms with van der Waals surface area (Å²) in [6, 6.07) is 0. The highest BCUT2D eigenvalue weighted by Gasteiger charge is 2.17. The van der Waals surface area contributed by atoms with Crippen molar-refractivity contribution in [2.24, 2.45) is 0 Å². The molecule has 1 heterocycles. The van der Waals surface area contributed by atoms with Crippen LogP contribution in [0, 0.1) is 0 Å². The molecule has 0 bridgehead atoms. The second-order valence-corrected chi connectivity index (χ2v) is 4.13. The molecule has 0 aromatic heterocycles. The van der Waals surface area contributed by atoms with Gasteiger partial charge in [-0.3, -0.25) is 4.90 Å². The van der Waals surface area contributed by atoms with Crippen LogP contribution in [0.25, 0.3) is 0 Å². The molecular weight excluding hydrogens is 191 g/mol. The minimum atomic E-state index is -0.220. The Labute approximate surface area is 91.0 Å². The number of nitrogens with zero attached hydrogens (tertiary/aromatic N) is 2. The van der Waals surface area contributed by atoms with Crippen LogP contribution in [0.4, 0.5) is 4.39 Å². The van der Waals surface area contributed by atoms with Crippen LogP contribution >= 0.6 is 0 Å². The van der Waals surface area contributed by atoms with Gasteiger partial charge in [0.1, 0.15) is 6.67 Å². The van der Waals surface area contributed by atoms with E-state index < -0.39 is 0 Å². The van der Waals surface area contributed by atoms with E-state index >= 15 is 0 Å². The highest BCUT2D eigenvalue weighted by molar-refractivity contribution is 5.21. The van der Waals surface area contributed by atoms with Gasteiger partial charge in [-0.15, -0.1) is 0 Å². The third-order valence-corrected chi connectivity index (χ3v) is 3.11. The van der Waals surface area contributed by atoms with Crippen molar-refractivity contribution < 1.29 is 4.39 Å². The summed E-state index contributed by atoms with van der Waals surface area (Å²) in [5.74, 6) is 0. The summed E-state index contributed by atoms with van der Waals surface area (Å²) < 4.78 is 12.2. The van der Waals surface area contributed by atoms with Gasteiger partial charge >= 0.3 is 0 Å². The molecular formula is C12H19FN2. The normalized spacial score (nSPS) is 23.0. The maximum absolute atomic E-state index is 12.2. The van der Waals surface area contributed by atoms with E-state index in [0.717, 1.165) is 32.6 Å². The van der Waals surface area contributed by atoms with Gasteiger partial charge in [0.25, 0.3) is 0 Å². The Kier molecular flexibility index (Phi) is 3.78. The minimum absolute atomic E-state index is 0.220. The fraction of sp³-hybridized carbons (Fsp3) is 0.667. The van der Waals surface area contributed by atoms with E-state index in [9.17, 15) is 4.39 Å². The van der Waals surface area contributed by atoms with Gasteiger partial charge in [0, 0.05) is 38.4 Å². The van der Waals surface area contributed by atoms with Crippen LogP contribution in [0.15, 0.2) is 23.9 Å². The zero-order valence-electron chi connectivity index (χ0n) is 9.16. The third kappa shape index (κ3) is 2.81. The van der Waals surface area contributed by atoms with Crippen LogP contribution in [-0.2, 0) is 0 Å². The maximum Gasteiger partial charge on any atom is 0.102 e. The van der Waals surface area contributed by atoms with Gasteiger partial charge in [-0.05, 0) is 18.9 Å². The summed E-state index contributed by atoms with van der Waals surface area (Å²) in [7, 11) is 0. The summed E-state index contributed by atoms with van der Waals surface area (Å²) in [6.45, 7) is 4.45. The van der Waals surface area contributed by atoms with Crippen LogP contribution < -0.4 is 0 Å². The Balaban J connectivity index is 1.82. The van der Waals surface area contributed by atoms with Crippen LogP contribution in [-0.4, -0.2) is 49.2 Å². The quantitative estimate of drug-likeness (QED) is 0.701. The monoisotopic (exact) mass is 210 g/mol. The lowest BCUT2D eigenvalue weighted by Crippen LogP contribution is -2.46. The lowest BCUT2D eigenvalue weighted by Gasteiger charge is -2.36. The predicted octanol–water partition coefficient (Wildman–Crippen LogP) is 1.81. The molecule has 2 aliphatic rings. The van der Waals surface area contributed by atoms with Gasteiger partial charge in [-0.2, -0.15) is 0 Å². The first kappa shape index (κ1) is 10.7. The number of hydrogen-bond donors (Lipinski definition) is 0. The zero-order chi connectivity index (χ0) is 10.5. The highest BCUT2D eigenvalue weighted by atomic mass is 19.1. The van der Waals surface area contributed by atoms with Crippen LogP contribution in [0.1, 0.15) is 12.8 Å². The molecule has 0 N–H and O–H groups in total. The first-order chi connectivity index (χ1) is 7.40. The summed E-state index contributed by atoms with van der Waals surface area (Å²) in [6.07, 6.45) is 9.10. The molecule has 15 heavy (non-hydrogen) atoms. The lowest BCUT2D eigenvalue weighted by molar-refractivity contribution is 0.152. The first-order valence-electron chi connectivity index (χ1n) is 5.80. The fourth-order valence-corrected chi connectivity index (χ4v) is 2.18. The van der Waals surface area contributed by atoms with E-state index in [2.05, 4.69) is 28.0 Å². The van der Waals surface area contributed by atoms with Crippen LogP contribution in [0.5, 0.6) is 0 Å². The summed E-state index contributed by atoms with van der Waals surface area (Å²) in [5.41, 5.74) is 1.36. The van der Waals surface area contributed by atoms with E-state index in [1.807, 2.05) is 0 Å². The van der Waals surface area contributed by atoms with Crippen molar-refractivity contribution in [3.8, 4) is 0 Å². The second kappa shape index (κ2) is 5.31. The van der Waals surface area contributed by atoms with E-state index in [4.69, 9.17) is 0 Å².